The molecule has 7 heteroatoms. The molecule has 0 spiro atoms. The molecule has 2 N–H and O–H groups in total. The van der Waals surface area contributed by atoms with Crippen LogP contribution in [0.15, 0.2) is 24.3 Å². The van der Waals surface area contributed by atoms with Crippen LogP contribution in [0.3, 0.4) is 0 Å². The van der Waals surface area contributed by atoms with Crippen LogP contribution in [0.2, 0.25) is 0 Å². The fourth-order valence-corrected chi connectivity index (χ4v) is 2.61. The van der Waals surface area contributed by atoms with E-state index in [4.69, 9.17) is 5.11 Å². The molecule has 1 aromatic rings. The van der Waals surface area contributed by atoms with Gasteiger partial charge in [-0.3, -0.25) is 19.7 Å². The second-order valence-corrected chi connectivity index (χ2v) is 5.15. The predicted molar refractivity (Wildman–Crippen MR) is 73.4 cm³/mol. The number of carboxylic acids is 1. The molecule has 112 valence electrons. The lowest BCUT2D eigenvalue weighted by atomic mass is 10.0. The molecule has 0 unspecified atom stereocenters. The Morgan fingerprint density at radius 1 is 1.29 bits per heavy atom. The number of nitrogens with zero attached hydrogens (tertiary/aromatic N) is 1. The van der Waals surface area contributed by atoms with Gasteiger partial charge in [0.05, 0.1) is 10.8 Å². The summed E-state index contributed by atoms with van der Waals surface area (Å²) in [6.45, 7) is 0.0736. The van der Waals surface area contributed by atoms with Gasteiger partial charge in [0.2, 0.25) is 5.91 Å². The zero-order chi connectivity index (χ0) is 15.4. The highest BCUT2D eigenvalue weighted by Gasteiger charge is 2.33. The Hall–Kier alpha value is -2.44. The van der Waals surface area contributed by atoms with E-state index in [1.54, 1.807) is 18.2 Å². The van der Waals surface area contributed by atoms with Crippen molar-refractivity contribution in [2.24, 2.45) is 11.8 Å². The highest BCUT2D eigenvalue weighted by atomic mass is 16.6. The van der Waals surface area contributed by atoms with Gasteiger partial charge in [-0.25, -0.2) is 0 Å². The maximum absolute atomic E-state index is 12.0. The summed E-state index contributed by atoms with van der Waals surface area (Å²) in [5, 5.41) is 22.4. The molecule has 2 rings (SSSR count). The molecule has 1 saturated carbocycles. The number of hydrogen-bond acceptors (Lipinski definition) is 4. The van der Waals surface area contributed by atoms with E-state index in [1.807, 2.05) is 0 Å². The first kappa shape index (κ1) is 15.0. The Bertz CT molecular complexity index is 572. The van der Waals surface area contributed by atoms with Crippen LogP contribution in [-0.2, 0) is 16.1 Å². The molecule has 21 heavy (non-hydrogen) atoms. The lowest BCUT2D eigenvalue weighted by molar-refractivity contribution is -0.385. The minimum absolute atomic E-state index is 0.0346. The van der Waals surface area contributed by atoms with Crippen LogP contribution >= 0.6 is 0 Å². The first-order chi connectivity index (χ1) is 9.99. The Kier molecular flexibility index (Phi) is 4.52. The monoisotopic (exact) mass is 292 g/mol. The summed E-state index contributed by atoms with van der Waals surface area (Å²) in [6, 6.07) is 6.22. The third kappa shape index (κ3) is 3.56. The Morgan fingerprint density at radius 2 is 1.95 bits per heavy atom. The van der Waals surface area contributed by atoms with Crippen LogP contribution < -0.4 is 5.32 Å². The van der Waals surface area contributed by atoms with Crippen molar-refractivity contribution in [3.05, 3.63) is 39.9 Å². The molecular weight excluding hydrogens is 276 g/mol. The maximum Gasteiger partial charge on any atom is 0.306 e. The highest BCUT2D eigenvalue weighted by Crippen LogP contribution is 2.31. The molecule has 1 amide bonds. The minimum atomic E-state index is -0.871. The number of carboxylic acid groups (broad SMARTS) is 1. The van der Waals surface area contributed by atoms with Crippen LogP contribution in [0.1, 0.15) is 24.8 Å². The van der Waals surface area contributed by atoms with Gasteiger partial charge in [-0.05, 0) is 19.3 Å². The third-order valence-corrected chi connectivity index (χ3v) is 3.79. The van der Waals surface area contributed by atoms with Gasteiger partial charge in [0.25, 0.3) is 5.69 Å². The van der Waals surface area contributed by atoms with E-state index in [2.05, 4.69) is 5.32 Å². The number of carbonyl (C=O) groups excluding carboxylic acids is 1. The standard InChI is InChI=1S/C14H16N2O5/c17-13(9-5-6-10(7-9)14(18)19)15-8-11-3-1-2-4-12(11)16(20)21/h1-4,9-10H,5-8H2,(H,15,17)(H,18,19)/t9-,10+/m1/s1. The number of rotatable bonds is 5. The number of nitrogens with one attached hydrogen (secondary N) is 1. The van der Waals surface area contributed by atoms with E-state index >= 15 is 0 Å². The summed E-state index contributed by atoms with van der Waals surface area (Å²) in [5.41, 5.74) is 0.399. The van der Waals surface area contributed by atoms with Gasteiger partial charge in [0.15, 0.2) is 0 Å². The largest absolute Gasteiger partial charge is 0.481 e. The first-order valence-electron chi connectivity index (χ1n) is 6.72. The second-order valence-electron chi connectivity index (χ2n) is 5.15. The zero-order valence-electron chi connectivity index (χ0n) is 11.3. The maximum atomic E-state index is 12.0. The summed E-state index contributed by atoms with van der Waals surface area (Å²) in [4.78, 5) is 33.2. The van der Waals surface area contributed by atoms with Gasteiger partial charge >= 0.3 is 5.97 Å². The lowest BCUT2D eigenvalue weighted by Gasteiger charge is -2.11. The van der Waals surface area contributed by atoms with Gasteiger partial charge in [-0.1, -0.05) is 18.2 Å². The molecule has 0 aliphatic heterocycles. The number of para-hydroxylation sites is 1. The number of nitro groups is 1. The third-order valence-electron chi connectivity index (χ3n) is 3.79. The molecule has 2 atom stereocenters. The van der Waals surface area contributed by atoms with Gasteiger partial charge < -0.3 is 10.4 Å². The number of benzene rings is 1. The Labute approximate surface area is 121 Å². The van der Waals surface area contributed by atoms with Gasteiger partial charge in [0.1, 0.15) is 0 Å². The van der Waals surface area contributed by atoms with Crippen LogP contribution in [0.5, 0.6) is 0 Å². The van der Waals surface area contributed by atoms with E-state index < -0.39 is 16.8 Å². The predicted octanol–water partition coefficient (Wildman–Crippen LogP) is 1.71. The summed E-state index contributed by atoms with van der Waals surface area (Å²) >= 11 is 0. The van der Waals surface area contributed by atoms with E-state index in [0.29, 0.717) is 24.8 Å². The van der Waals surface area contributed by atoms with Crippen molar-refractivity contribution >= 4 is 17.6 Å². The van der Waals surface area contributed by atoms with Gasteiger partial charge in [-0.2, -0.15) is 0 Å². The van der Waals surface area contributed by atoms with Crippen LogP contribution in [0.4, 0.5) is 5.69 Å². The molecule has 1 aliphatic carbocycles. The molecule has 0 radical (unpaired) electrons. The lowest BCUT2D eigenvalue weighted by Crippen LogP contribution is -2.29. The van der Waals surface area contributed by atoms with Crippen molar-refractivity contribution in [1.29, 1.82) is 0 Å². The van der Waals surface area contributed by atoms with Crippen LogP contribution in [0, 0.1) is 22.0 Å². The van der Waals surface area contributed by atoms with Gasteiger partial charge in [0, 0.05) is 24.1 Å². The van der Waals surface area contributed by atoms with Crippen molar-refractivity contribution < 1.29 is 19.6 Å². The normalized spacial score (nSPS) is 21.0. The summed E-state index contributed by atoms with van der Waals surface area (Å²) in [5.74, 6) is -1.90. The highest BCUT2D eigenvalue weighted by molar-refractivity contribution is 5.80. The number of carbonyl (C=O) groups is 2. The average Bonchev–Trinajstić information content (AvgIpc) is 2.95. The van der Waals surface area contributed by atoms with Crippen molar-refractivity contribution in [3.63, 3.8) is 0 Å². The quantitative estimate of drug-likeness (QED) is 0.634. The van der Waals surface area contributed by atoms with Crippen molar-refractivity contribution in [2.75, 3.05) is 0 Å². The first-order valence-corrected chi connectivity index (χ1v) is 6.72. The molecule has 7 nitrogen and oxygen atoms in total. The summed E-state index contributed by atoms with van der Waals surface area (Å²) < 4.78 is 0. The molecule has 1 aliphatic rings. The number of amides is 1. The molecule has 1 aromatic carbocycles. The SMILES string of the molecule is O=C(O)[C@H]1CC[C@@H](C(=O)NCc2ccccc2[N+](=O)[O-])C1. The van der Waals surface area contributed by atoms with Crippen molar-refractivity contribution in [1.82, 2.24) is 5.32 Å². The molecule has 0 saturated heterocycles. The number of aliphatic carboxylic acids is 1. The number of nitro benzene ring substituents is 1. The molecular formula is C14H16N2O5. The summed E-state index contributed by atoms with van der Waals surface area (Å²) in [6.07, 6.45) is 1.37. The van der Waals surface area contributed by atoms with Crippen LogP contribution in [0.25, 0.3) is 0 Å². The van der Waals surface area contributed by atoms with E-state index in [0.717, 1.165) is 0 Å². The zero-order valence-corrected chi connectivity index (χ0v) is 11.3. The second kappa shape index (κ2) is 6.34. The molecule has 0 aromatic heterocycles. The van der Waals surface area contributed by atoms with E-state index in [9.17, 15) is 19.7 Å². The molecule has 0 bridgehead atoms. The minimum Gasteiger partial charge on any atom is -0.481 e. The fourth-order valence-electron chi connectivity index (χ4n) is 2.61. The summed E-state index contributed by atoms with van der Waals surface area (Å²) in [7, 11) is 0. The number of hydrogen-bond donors (Lipinski definition) is 2. The van der Waals surface area contributed by atoms with Crippen molar-refractivity contribution in [3.8, 4) is 0 Å². The van der Waals surface area contributed by atoms with Crippen LogP contribution in [-0.4, -0.2) is 21.9 Å². The Morgan fingerprint density at radius 3 is 2.57 bits per heavy atom. The average molecular weight is 292 g/mol. The van der Waals surface area contributed by atoms with E-state index in [-0.39, 0.29) is 24.1 Å². The molecule has 1 fully saturated rings. The topological polar surface area (TPSA) is 110 Å². The fraction of sp³-hybridized carbons (Fsp3) is 0.429. The smallest absolute Gasteiger partial charge is 0.306 e. The van der Waals surface area contributed by atoms with E-state index in [1.165, 1.54) is 6.07 Å². The molecule has 0 heterocycles. The van der Waals surface area contributed by atoms with Crippen molar-refractivity contribution in [2.45, 2.75) is 25.8 Å². The Balaban J connectivity index is 1.93. The van der Waals surface area contributed by atoms with Gasteiger partial charge in [-0.15, -0.1) is 0 Å².